The number of hydrogen-bond acceptors (Lipinski definition) is 1. The molecule has 18 heavy (non-hydrogen) atoms. The molecule has 0 aromatic heterocycles. The zero-order valence-electron chi connectivity index (χ0n) is 9.09. The molecule has 0 saturated heterocycles. The molecule has 0 unspecified atom stereocenters. The second kappa shape index (κ2) is 5.44. The molecule has 0 spiro atoms. The van der Waals surface area contributed by atoms with Gasteiger partial charge < -0.3 is 4.74 Å². The highest BCUT2D eigenvalue weighted by Crippen LogP contribution is 2.23. The Morgan fingerprint density at radius 1 is 0.944 bits per heavy atom. The van der Waals surface area contributed by atoms with Gasteiger partial charge in [-0.1, -0.05) is 15.9 Å². The summed E-state index contributed by atoms with van der Waals surface area (Å²) in [6, 6.07) is 7.35. The van der Waals surface area contributed by atoms with Crippen molar-refractivity contribution in [3.05, 3.63) is 63.9 Å². The van der Waals surface area contributed by atoms with Gasteiger partial charge in [-0.3, -0.25) is 0 Å². The van der Waals surface area contributed by atoms with E-state index in [2.05, 4.69) is 15.9 Å². The monoisotopic (exact) mass is 316 g/mol. The average Bonchev–Trinajstić information content (AvgIpc) is 2.32. The maximum atomic E-state index is 13.3. The summed E-state index contributed by atoms with van der Waals surface area (Å²) in [4.78, 5) is 0. The maximum Gasteiger partial charge on any atom is 0.165 e. The predicted octanol–water partition coefficient (Wildman–Crippen LogP) is 4.45. The van der Waals surface area contributed by atoms with Gasteiger partial charge in [-0.25, -0.2) is 13.2 Å². The molecule has 0 fully saturated rings. The third-order valence-electron chi connectivity index (χ3n) is 2.29. The highest BCUT2D eigenvalue weighted by molar-refractivity contribution is 9.10. The Hall–Kier alpha value is -1.49. The summed E-state index contributed by atoms with van der Waals surface area (Å²) in [7, 11) is 0. The van der Waals surface area contributed by atoms with Crippen molar-refractivity contribution in [1.29, 1.82) is 0 Å². The first-order chi connectivity index (χ1) is 8.56. The lowest BCUT2D eigenvalue weighted by atomic mass is 10.2. The van der Waals surface area contributed by atoms with Crippen molar-refractivity contribution in [2.75, 3.05) is 0 Å². The molecule has 0 amide bonds. The fourth-order valence-corrected chi connectivity index (χ4v) is 1.72. The lowest BCUT2D eigenvalue weighted by molar-refractivity contribution is 0.284. The van der Waals surface area contributed by atoms with E-state index >= 15 is 0 Å². The van der Waals surface area contributed by atoms with Crippen LogP contribution >= 0.6 is 15.9 Å². The van der Waals surface area contributed by atoms with Gasteiger partial charge in [-0.2, -0.15) is 0 Å². The molecule has 2 rings (SSSR count). The van der Waals surface area contributed by atoms with Crippen molar-refractivity contribution in [1.82, 2.24) is 0 Å². The SMILES string of the molecule is Fc1ccc(COc2cc(Br)ccc2F)c(F)c1. The Morgan fingerprint density at radius 3 is 2.44 bits per heavy atom. The molecule has 5 heteroatoms. The van der Waals surface area contributed by atoms with Gasteiger partial charge in [-0.05, 0) is 30.3 Å². The van der Waals surface area contributed by atoms with E-state index in [9.17, 15) is 13.2 Å². The highest BCUT2D eigenvalue weighted by atomic mass is 79.9. The van der Waals surface area contributed by atoms with Crippen LogP contribution in [-0.2, 0) is 6.61 Å². The van der Waals surface area contributed by atoms with Crippen LogP contribution in [0.1, 0.15) is 5.56 Å². The molecule has 1 nitrogen and oxygen atoms in total. The maximum absolute atomic E-state index is 13.3. The lowest BCUT2D eigenvalue weighted by Crippen LogP contribution is -2.00. The first-order valence-electron chi connectivity index (χ1n) is 5.08. The van der Waals surface area contributed by atoms with Crippen LogP contribution < -0.4 is 4.74 Å². The molecule has 0 aliphatic heterocycles. The van der Waals surface area contributed by atoms with Gasteiger partial charge in [0.15, 0.2) is 11.6 Å². The van der Waals surface area contributed by atoms with Crippen LogP contribution in [0, 0.1) is 17.5 Å². The third kappa shape index (κ3) is 3.04. The van der Waals surface area contributed by atoms with Crippen molar-refractivity contribution >= 4 is 15.9 Å². The Labute approximate surface area is 110 Å². The first kappa shape index (κ1) is 13.0. The Kier molecular flexibility index (Phi) is 3.91. The van der Waals surface area contributed by atoms with E-state index in [1.165, 1.54) is 24.3 Å². The average molecular weight is 317 g/mol. The Bertz CT molecular complexity index is 572. The lowest BCUT2D eigenvalue weighted by Gasteiger charge is -2.08. The second-order valence-corrected chi connectivity index (χ2v) is 4.51. The third-order valence-corrected chi connectivity index (χ3v) is 2.78. The summed E-state index contributed by atoms with van der Waals surface area (Å²) >= 11 is 3.18. The minimum Gasteiger partial charge on any atom is -0.486 e. The molecule has 0 bridgehead atoms. The first-order valence-corrected chi connectivity index (χ1v) is 5.87. The van der Waals surface area contributed by atoms with Gasteiger partial charge in [0.2, 0.25) is 0 Å². The zero-order valence-corrected chi connectivity index (χ0v) is 10.7. The normalized spacial score (nSPS) is 10.4. The topological polar surface area (TPSA) is 9.23 Å². The summed E-state index contributed by atoms with van der Waals surface area (Å²) in [6.07, 6.45) is 0. The predicted molar refractivity (Wildman–Crippen MR) is 64.8 cm³/mol. The summed E-state index contributed by atoms with van der Waals surface area (Å²) < 4.78 is 45.1. The van der Waals surface area contributed by atoms with E-state index in [0.29, 0.717) is 4.47 Å². The molecular weight excluding hydrogens is 309 g/mol. The fraction of sp³-hybridized carbons (Fsp3) is 0.0769. The molecule has 0 radical (unpaired) electrons. The Balaban J connectivity index is 2.13. The van der Waals surface area contributed by atoms with E-state index < -0.39 is 17.5 Å². The molecule has 0 aliphatic rings. The van der Waals surface area contributed by atoms with E-state index in [-0.39, 0.29) is 17.9 Å². The molecule has 0 N–H and O–H groups in total. The van der Waals surface area contributed by atoms with Crippen molar-refractivity contribution < 1.29 is 17.9 Å². The van der Waals surface area contributed by atoms with Crippen LogP contribution in [-0.4, -0.2) is 0 Å². The van der Waals surface area contributed by atoms with Crippen LogP contribution in [0.3, 0.4) is 0 Å². The smallest absolute Gasteiger partial charge is 0.165 e. The minimum atomic E-state index is -0.717. The molecule has 0 heterocycles. The van der Waals surface area contributed by atoms with Gasteiger partial charge in [0.1, 0.15) is 18.2 Å². The van der Waals surface area contributed by atoms with Crippen molar-refractivity contribution in [3.63, 3.8) is 0 Å². The fourth-order valence-electron chi connectivity index (χ4n) is 1.38. The van der Waals surface area contributed by atoms with Crippen LogP contribution in [0.25, 0.3) is 0 Å². The van der Waals surface area contributed by atoms with Gasteiger partial charge in [0, 0.05) is 16.1 Å². The van der Waals surface area contributed by atoms with Crippen LogP contribution in [0.5, 0.6) is 5.75 Å². The highest BCUT2D eigenvalue weighted by Gasteiger charge is 2.07. The second-order valence-electron chi connectivity index (χ2n) is 3.60. The molecule has 0 saturated carbocycles. The molecule has 0 atom stereocenters. The van der Waals surface area contributed by atoms with E-state index in [1.54, 1.807) is 0 Å². The van der Waals surface area contributed by atoms with Gasteiger partial charge >= 0.3 is 0 Å². The molecule has 2 aromatic rings. The summed E-state index contributed by atoms with van der Waals surface area (Å²) in [6.45, 7) is -0.167. The summed E-state index contributed by atoms with van der Waals surface area (Å²) in [5, 5.41) is 0. The number of ether oxygens (including phenoxy) is 1. The van der Waals surface area contributed by atoms with Gasteiger partial charge in [-0.15, -0.1) is 0 Å². The number of hydrogen-bond donors (Lipinski definition) is 0. The largest absolute Gasteiger partial charge is 0.486 e. The van der Waals surface area contributed by atoms with Gasteiger partial charge in [0.05, 0.1) is 0 Å². The van der Waals surface area contributed by atoms with Crippen LogP contribution in [0.2, 0.25) is 0 Å². The molecule has 94 valence electrons. The van der Waals surface area contributed by atoms with Crippen LogP contribution in [0.4, 0.5) is 13.2 Å². The molecular formula is C13H8BrF3O. The minimum absolute atomic E-state index is 0.00750. The Morgan fingerprint density at radius 2 is 1.72 bits per heavy atom. The van der Waals surface area contributed by atoms with Crippen molar-refractivity contribution in [2.24, 2.45) is 0 Å². The standard InChI is InChI=1S/C13H8BrF3O/c14-9-2-4-11(16)13(5-9)18-7-8-1-3-10(15)6-12(8)17/h1-6H,7H2. The number of benzene rings is 2. The summed E-state index contributed by atoms with van der Waals surface area (Å²) in [5.74, 6) is -1.91. The van der Waals surface area contributed by atoms with Crippen molar-refractivity contribution in [3.8, 4) is 5.75 Å². The summed E-state index contributed by atoms with van der Waals surface area (Å²) in [5.41, 5.74) is 0.163. The quantitative estimate of drug-likeness (QED) is 0.813. The van der Waals surface area contributed by atoms with Gasteiger partial charge in [0.25, 0.3) is 0 Å². The van der Waals surface area contributed by atoms with E-state index in [4.69, 9.17) is 4.74 Å². The number of halogens is 4. The molecule has 2 aromatic carbocycles. The zero-order chi connectivity index (χ0) is 13.1. The van der Waals surface area contributed by atoms with E-state index in [0.717, 1.165) is 12.1 Å². The van der Waals surface area contributed by atoms with E-state index in [1.807, 2.05) is 0 Å². The number of rotatable bonds is 3. The van der Waals surface area contributed by atoms with Crippen LogP contribution in [0.15, 0.2) is 40.9 Å². The molecule has 0 aliphatic carbocycles. The van der Waals surface area contributed by atoms with Crippen molar-refractivity contribution in [2.45, 2.75) is 6.61 Å².